The zero-order chi connectivity index (χ0) is 14.1. The minimum Gasteiger partial charge on any atom is -0.305 e. The van der Waals surface area contributed by atoms with Gasteiger partial charge in [-0.2, -0.15) is 5.10 Å². The van der Waals surface area contributed by atoms with Crippen LogP contribution in [-0.4, -0.2) is 9.78 Å². The van der Waals surface area contributed by atoms with Crippen LogP contribution >= 0.6 is 11.3 Å². The number of hydrogen-bond donors (Lipinski definition) is 1. The lowest BCUT2D eigenvalue weighted by atomic mass is 9.99. The van der Waals surface area contributed by atoms with E-state index in [1.807, 2.05) is 29.3 Å². The topological polar surface area (TPSA) is 29.9 Å². The molecule has 0 aliphatic heterocycles. The Morgan fingerprint density at radius 3 is 2.90 bits per heavy atom. The van der Waals surface area contributed by atoms with Gasteiger partial charge in [-0.1, -0.05) is 0 Å². The van der Waals surface area contributed by atoms with Gasteiger partial charge in [-0.25, -0.2) is 0 Å². The minimum absolute atomic E-state index is 0.421. The Morgan fingerprint density at radius 2 is 2.20 bits per heavy atom. The Morgan fingerprint density at radius 1 is 1.40 bits per heavy atom. The molecular weight excluding hydrogens is 266 g/mol. The van der Waals surface area contributed by atoms with Gasteiger partial charge >= 0.3 is 0 Å². The lowest BCUT2D eigenvalue weighted by molar-refractivity contribution is 0.580. The van der Waals surface area contributed by atoms with Gasteiger partial charge in [0.15, 0.2) is 0 Å². The molecule has 1 atom stereocenters. The number of nitrogens with one attached hydrogen (secondary N) is 1. The number of fused-ring (bicyclic) bond motifs is 1. The van der Waals surface area contributed by atoms with E-state index in [0.29, 0.717) is 6.04 Å². The molecule has 0 saturated heterocycles. The smallest absolute Gasteiger partial charge is 0.0537 e. The van der Waals surface area contributed by atoms with E-state index in [1.165, 1.54) is 41.8 Å². The van der Waals surface area contributed by atoms with Crippen molar-refractivity contribution in [2.45, 2.75) is 52.1 Å². The molecule has 1 unspecified atom stereocenters. The fourth-order valence-corrected chi connectivity index (χ4v) is 4.09. The molecule has 1 aliphatic rings. The first-order chi connectivity index (χ1) is 9.65. The van der Waals surface area contributed by atoms with Gasteiger partial charge in [-0.15, -0.1) is 11.3 Å². The average Bonchev–Trinajstić information content (AvgIpc) is 3.02. The quantitative estimate of drug-likeness (QED) is 0.933. The van der Waals surface area contributed by atoms with Crippen molar-refractivity contribution < 1.29 is 0 Å². The Bertz CT molecular complexity index is 573. The average molecular weight is 289 g/mol. The summed E-state index contributed by atoms with van der Waals surface area (Å²) >= 11 is 2.00. The van der Waals surface area contributed by atoms with E-state index in [-0.39, 0.29) is 0 Å². The molecule has 3 rings (SSSR count). The molecule has 1 aliphatic carbocycles. The molecular formula is C16H23N3S. The van der Waals surface area contributed by atoms with E-state index < -0.39 is 0 Å². The van der Waals surface area contributed by atoms with E-state index in [9.17, 15) is 0 Å². The monoisotopic (exact) mass is 289 g/mol. The standard InChI is InChI=1S/C16H23N3S/c1-11(17-9-14-10-18-19(3)12(14)2)16-8-13-6-4-5-7-15(13)20-16/h8,10-11,17H,4-7,9H2,1-3H3. The van der Waals surface area contributed by atoms with Gasteiger partial charge < -0.3 is 5.32 Å². The maximum Gasteiger partial charge on any atom is 0.0537 e. The lowest BCUT2D eigenvalue weighted by Gasteiger charge is -2.11. The molecule has 0 aromatic carbocycles. The molecule has 0 bridgehead atoms. The number of hydrogen-bond acceptors (Lipinski definition) is 3. The molecule has 3 nitrogen and oxygen atoms in total. The van der Waals surface area contributed by atoms with Gasteiger partial charge in [0.05, 0.1) is 6.20 Å². The largest absolute Gasteiger partial charge is 0.305 e. The fraction of sp³-hybridized carbons (Fsp3) is 0.562. The van der Waals surface area contributed by atoms with Crippen molar-refractivity contribution in [2.24, 2.45) is 7.05 Å². The summed E-state index contributed by atoms with van der Waals surface area (Å²) < 4.78 is 1.94. The maximum absolute atomic E-state index is 4.30. The van der Waals surface area contributed by atoms with Gasteiger partial charge in [0.25, 0.3) is 0 Å². The van der Waals surface area contributed by atoms with E-state index >= 15 is 0 Å². The van der Waals surface area contributed by atoms with Crippen LogP contribution in [0.4, 0.5) is 0 Å². The predicted octanol–water partition coefficient (Wildman–Crippen LogP) is 3.52. The first kappa shape index (κ1) is 13.8. The van der Waals surface area contributed by atoms with Crippen molar-refractivity contribution in [2.75, 3.05) is 0 Å². The molecule has 0 fully saturated rings. The van der Waals surface area contributed by atoms with Crippen LogP contribution < -0.4 is 5.32 Å². The second kappa shape index (κ2) is 5.70. The molecule has 2 aromatic rings. The van der Waals surface area contributed by atoms with Crippen LogP contribution in [0, 0.1) is 6.92 Å². The molecule has 20 heavy (non-hydrogen) atoms. The normalized spacial score (nSPS) is 16.1. The van der Waals surface area contributed by atoms with E-state index in [4.69, 9.17) is 0 Å². The third-order valence-corrected chi connectivity index (χ3v) is 5.80. The minimum atomic E-state index is 0.421. The van der Waals surface area contributed by atoms with Crippen molar-refractivity contribution in [3.8, 4) is 0 Å². The highest BCUT2D eigenvalue weighted by Gasteiger charge is 2.16. The zero-order valence-corrected chi connectivity index (χ0v) is 13.4. The first-order valence-corrected chi connectivity index (χ1v) is 8.29. The first-order valence-electron chi connectivity index (χ1n) is 7.47. The molecule has 2 aromatic heterocycles. The Hall–Kier alpha value is -1.13. The van der Waals surface area contributed by atoms with Crippen LogP contribution in [0.5, 0.6) is 0 Å². The van der Waals surface area contributed by atoms with E-state index in [0.717, 1.165) is 6.54 Å². The molecule has 0 spiro atoms. The summed E-state index contributed by atoms with van der Waals surface area (Å²) in [6.45, 7) is 5.28. The van der Waals surface area contributed by atoms with Gasteiger partial charge in [0, 0.05) is 40.6 Å². The van der Waals surface area contributed by atoms with Crippen molar-refractivity contribution in [1.82, 2.24) is 15.1 Å². The summed E-state index contributed by atoms with van der Waals surface area (Å²) in [5, 5.41) is 7.93. The van der Waals surface area contributed by atoms with E-state index in [2.05, 4.69) is 30.3 Å². The summed E-state index contributed by atoms with van der Waals surface area (Å²) in [5.74, 6) is 0. The maximum atomic E-state index is 4.30. The van der Waals surface area contributed by atoms with Crippen LogP contribution in [0.1, 0.15) is 52.4 Å². The molecule has 1 N–H and O–H groups in total. The van der Waals surface area contributed by atoms with E-state index in [1.54, 1.807) is 10.4 Å². The number of aromatic nitrogens is 2. The molecule has 2 heterocycles. The number of aryl methyl sites for hydroxylation is 3. The summed E-state index contributed by atoms with van der Waals surface area (Å²) in [4.78, 5) is 3.11. The van der Waals surface area contributed by atoms with Crippen molar-refractivity contribution in [3.63, 3.8) is 0 Å². The van der Waals surface area contributed by atoms with Crippen LogP contribution in [0.15, 0.2) is 12.3 Å². The fourth-order valence-electron chi connectivity index (χ4n) is 2.81. The van der Waals surface area contributed by atoms with Crippen LogP contribution in [0.3, 0.4) is 0 Å². The predicted molar refractivity (Wildman–Crippen MR) is 84.2 cm³/mol. The third kappa shape index (κ3) is 2.67. The number of thiophene rings is 1. The van der Waals surface area contributed by atoms with Gasteiger partial charge in [0.1, 0.15) is 0 Å². The Balaban J connectivity index is 1.65. The zero-order valence-electron chi connectivity index (χ0n) is 12.6. The third-order valence-electron chi connectivity index (χ3n) is 4.38. The molecule has 0 radical (unpaired) electrons. The van der Waals surface area contributed by atoms with Crippen LogP contribution in [-0.2, 0) is 26.4 Å². The molecule has 0 amide bonds. The second-order valence-electron chi connectivity index (χ2n) is 5.79. The van der Waals surface area contributed by atoms with Crippen molar-refractivity contribution in [3.05, 3.63) is 38.8 Å². The second-order valence-corrected chi connectivity index (χ2v) is 6.95. The Kier molecular flexibility index (Phi) is 3.94. The van der Waals surface area contributed by atoms with Gasteiger partial charge in [-0.3, -0.25) is 4.68 Å². The summed E-state index contributed by atoms with van der Waals surface area (Å²) in [5.41, 5.74) is 4.14. The van der Waals surface area contributed by atoms with Crippen LogP contribution in [0.25, 0.3) is 0 Å². The highest BCUT2D eigenvalue weighted by Crippen LogP contribution is 2.32. The van der Waals surface area contributed by atoms with Gasteiger partial charge in [0.2, 0.25) is 0 Å². The SMILES string of the molecule is Cc1c(CNC(C)c2cc3c(s2)CCCC3)cnn1C. The van der Waals surface area contributed by atoms with Crippen molar-refractivity contribution in [1.29, 1.82) is 0 Å². The molecule has 0 saturated carbocycles. The molecule has 4 heteroatoms. The number of nitrogens with zero attached hydrogens (tertiary/aromatic N) is 2. The lowest BCUT2D eigenvalue weighted by Crippen LogP contribution is -2.17. The van der Waals surface area contributed by atoms with Crippen LogP contribution in [0.2, 0.25) is 0 Å². The van der Waals surface area contributed by atoms with Gasteiger partial charge in [-0.05, 0) is 51.2 Å². The number of rotatable bonds is 4. The highest BCUT2D eigenvalue weighted by atomic mass is 32.1. The highest BCUT2D eigenvalue weighted by molar-refractivity contribution is 7.12. The Labute approximate surface area is 125 Å². The van der Waals surface area contributed by atoms with Crippen molar-refractivity contribution >= 4 is 11.3 Å². The summed E-state index contributed by atoms with van der Waals surface area (Å²) in [6.07, 6.45) is 7.26. The summed E-state index contributed by atoms with van der Waals surface area (Å²) in [6, 6.07) is 2.85. The summed E-state index contributed by atoms with van der Waals surface area (Å²) in [7, 11) is 2.00. The molecule has 108 valence electrons.